The second kappa shape index (κ2) is 10.8. The molecule has 1 amide bonds. The summed E-state index contributed by atoms with van der Waals surface area (Å²) in [7, 11) is 0. The molecule has 1 atom stereocenters. The van der Waals surface area contributed by atoms with Gasteiger partial charge in [0.25, 0.3) is 5.91 Å². The first kappa shape index (κ1) is 19.2. The molecule has 0 saturated carbocycles. The summed E-state index contributed by atoms with van der Waals surface area (Å²) in [5.41, 5.74) is -0.0531. The second-order valence-electron chi connectivity index (χ2n) is 6.61. The molecule has 1 aromatic rings. The molecule has 126 valence electrons. The summed E-state index contributed by atoms with van der Waals surface area (Å²) in [5.74, 6) is 0.0996. The Morgan fingerprint density at radius 1 is 1.05 bits per heavy atom. The maximum atomic E-state index is 12.4. The van der Waals surface area contributed by atoms with Crippen LogP contribution in [0.3, 0.4) is 0 Å². The topological polar surface area (TPSA) is 29.1 Å². The van der Waals surface area contributed by atoms with Crippen LogP contribution in [0, 0.1) is 0 Å². The molecule has 1 heterocycles. The van der Waals surface area contributed by atoms with E-state index in [9.17, 15) is 4.79 Å². The molecule has 1 rings (SSSR count). The Kier molecular flexibility index (Phi) is 9.45. The third kappa shape index (κ3) is 7.44. The van der Waals surface area contributed by atoms with Gasteiger partial charge in [0.2, 0.25) is 0 Å². The van der Waals surface area contributed by atoms with Crippen molar-refractivity contribution in [3.8, 4) is 0 Å². The monoisotopic (exact) mass is 323 g/mol. The van der Waals surface area contributed by atoms with Gasteiger partial charge >= 0.3 is 0 Å². The van der Waals surface area contributed by atoms with Gasteiger partial charge in [0.1, 0.15) is 0 Å². The van der Waals surface area contributed by atoms with Crippen LogP contribution in [-0.4, -0.2) is 11.4 Å². The molecule has 1 unspecified atom stereocenters. The van der Waals surface area contributed by atoms with Gasteiger partial charge in [0.05, 0.1) is 4.88 Å². The van der Waals surface area contributed by atoms with E-state index in [1.54, 1.807) is 0 Å². The number of rotatable bonds is 12. The number of hydrogen-bond acceptors (Lipinski definition) is 2. The third-order valence-electron chi connectivity index (χ3n) is 4.32. The van der Waals surface area contributed by atoms with E-state index in [0.717, 1.165) is 17.7 Å². The molecule has 0 fully saturated rings. The number of carbonyl (C=O) groups is 1. The Hall–Kier alpha value is -0.830. The molecule has 0 aliphatic heterocycles. The van der Waals surface area contributed by atoms with Crippen molar-refractivity contribution in [2.45, 2.75) is 90.5 Å². The Bertz CT molecular complexity index is 402. The first-order valence-electron chi connectivity index (χ1n) is 8.97. The van der Waals surface area contributed by atoms with Crippen molar-refractivity contribution in [2.24, 2.45) is 0 Å². The van der Waals surface area contributed by atoms with Crippen molar-refractivity contribution in [1.29, 1.82) is 0 Å². The molecular weight excluding hydrogens is 290 g/mol. The van der Waals surface area contributed by atoms with Crippen LogP contribution in [0.1, 0.15) is 94.7 Å². The standard InChI is InChI=1S/C19H33NOS/c1-4-6-8-9-11-15-19(3,14-10-7-5-2)20-18(21)17-13-12-16-22-17/h12-13,16H,4-11,14-15H2,1-3H3,(H,20,21). The smallest absolute Gasteiger partial charge is 0.261 e. The van der Waals surface area contributed by atoms with E-state index in [0.29, 0.717) is 0 Å². The molecule has 0 radical (unpaired) electrons. The average molecular weight is 324 g/mol. The molecule has 3 heteroatoms. The van der Waals surface area contributed by atoms with Gasteiger partial charge in [0.15, 0.2) is 0 Å². The Morgan fingerprint density at radius 3 is 2.23 bits per heavy atom. The molecule has 2 nitrogen and oxygen atoms in total. The molecule has 1 aromatic heterocycles. The molecule has 0 aliphatic rings. The minimum absolute atomic E-state index is 0.0531. The third-order valence-corrected chi connectivity index (χ3v) is 5.19. The number of unbranched alkanes of at least 4 members (excludes halogenated alkanes) is 6. The highest BCUT2D eigenvalue weighted by Crippen LogP contribution is 2.24. The van der Waals surface area contributed by atoms with Crippen LogP contribution in [0.5, 0.6) is 0 Å². The summed E-state index contributed by atoms with van der Waals surface area (Å²) >= 11 is 1.52. The normalized spacial score (nSPS) is 13.8. The Labute approximate surface area is 140 Å². The van der Waals surface area contributed by atoms with Gasteiger partial charge in [-0.2, -0.15) is 0 Å². The van der Waals surface area contributed by atoms with E-state index < -0.39 is 0 Å². The molecular formula is C19H33NOS. The van der Waals surface area contributed by atoms with Crippen LogP contribution in [0.15, 0.2) is 17.5 Å². The minimum Gasteiger partial charge on any atom is -0.346 e. The number of nitrogens with one attached hydrogen (secondary N) is 1. The van der Waals surface area contributed by atoms with Crippen LogP contribution in [0.25, 0.3) is 0 Å². The first-order valence-corrected chi connectivity index (χ1v) is 9.85. The van der Waals surface area contributed by atoms with Gasteiger partial charge in [-0.05, 0) is 31.2 Å². The second-order valence-corrected chi connectivity index (χ2v) is 7.56. The fourth-order valence-electron chi connectivity index (χ4n) is 2.88. The van der Waals surface area contributed by atoms with Crippen LogP contribution < -0.4 is 5.32 Å². The van der Waals surface area contributed by atoms with Crippen molar-refractivity contribution in [3.05, 3.63) is 22.4 Å². The van der Waals surface area contributed by atoms with E-state index in [1.807, 2.05) is 17.5 Å². The summed E-state index contributed by atoms with van der Waals surface area (Å²) < 4.78 is 0. The highest BCUT2D eigenvalue weighted by atomic mass is 32.1. The fourth-order valence-corrected chi connectivity index (χ4v) is 3.50. The van der Waals surface area contributed by atoms with Crippen molar-refractivity contribution in [1.82, 2.24) is 5.32 Å². The number of amides is 1. The zero-order valence-electron chi connectivity index (χ0n) is 14.6. The first-order chi connectivity index (χ1) is 10.6. The summed E-state index contributed by atoms with van der Waals surface area (Å²) in [6, 6.07) is 3.85. The summed E-state index contributed by atoms with van der Waals surface area (Å²) in [6.07, 6.45) is 12.3. The fraction of sp³-hybridized carbons (Fsp3) is 0.737. The number of carbonyl (C=O) groups excluding carboxylic acids is 1. The predicted molar refractivity (Wildman–Crippen MR) is 97.7 cm³/mol. The van der Waals surface area contributed by atoms with E-state index >= 15 is 0 Å². The molecule has 0 spiro atoms. The highest BCUT2D eigenvalue weighted by Gasteiger charge is 2.26. The molecule has 1 N–H and O–H groups in total. The maximum Gasteiger partial charge on any atom is 0.261 e. The number of hydrogen-bond donors (Lipinski definition) is 1. The molecule has 0 aromatic carbocycles. The summed E-state index contributed by atoms with van der Waals surface area (Å²) in [4.78, 5) is 13.2. The Morgan fingerprint density at radius 2 is 1.64 bits per heavy atom. The van der Waals surface area contributed by atoms with Gasteiger partial charge in [-0.1, -0.05) is 71.3 Å². The minimum atomic E-state index is -0.0531. The quantitative estimate of drug-likeness (QED) is 0.457. The molecule has 22 heavy (non-hydrogen) atoms. The predicted octanol–water partition coefficient (Wildman–Crippen LogP) is 6.18. The van der Waals surface area contributed by atoms with E-state index in [1.165, 1.54) is 62.7 Å². The van der Waals surface area contributed by atoms with Crippen molar-refractivity contribution in [2.75, 3.05) is 0 Å². The summed E-state index contributed by atoms with van der Waals surface area (Å²) in [6.45, 7) is 6.70. The highest BCUT2D eigenvalue weighted by molar-refractivity contribution is 7.12. The largest absolute Gasteiger partial charge is 0.346 e. The van der Waals surface area contributed by atoms with Crippen LogP contribution in [0.2, 0.25) is 0 Å². The van der Waals surface area contributed by atoms with E-state index in [2.05, 4.69) is 26.1 Å². The molecule has 0 saturated heterocycles. The van der Waals surface area contributed by atoms with Crippen LogP contribution in [-0.2, 0) is 0 Å². The lowest BCUT2D eigenvalue weighted by Gasteiger charge is -2.31. The van der Waals surface area contributed by atoms with Crippen molar-refractivity contribution >= 4 is 17.2 Å². The van der Waals surface area contributed by atoms with E-state index in [-0.39, 0.29) is 11.4 Å². The lowest BCUT2D eigenvalue weighted by molar-refractivity contribution is 0.0897. The van der Waals surface area contributed by atoms with Gasteiger partial charge in [-0.15, -0.1) is 11.3 Å². The lowest BCUT2D eigenvalue weighted by atomic mass is 9.88. The zero-order chi connectivity index (χ0) is 16.3. The van der Waals surface area contributed by atoms with E-state index in [4.69, 9.17) is 0 Å². The maximum absolute atomic E-state index is 12.4. The SMILES string of the molecule is CCCCCCCC(C)(CCCCC)NC(=O)c1cccs1. The van der Waals surface area contributed by atoms with Gasteiger partial charge in [-0.3, -0.25) is 4.79 Å². The summed E-state index contributed by atoms with van der Waals surface area (Å²) in [5, 5.41) is 5.28. The van der Waals surface area contributed by atoms with Gasteiger partial charge in [-0.25, -0.2) is 0 Å². The van der Waals surface area contributed by atoms with Crippen molar-refractivity contribution in [3.63, 3.8) is 0 Å². The lowest BCUT2D eigenvalue weighted by Crippen LogP contribution is -2.45. The Balaban J connectivity index is 2.50. The zero-order valence-corrected chi connectivity index (χ0v) is 15.4. The van der Waals surface area contributed by atoms with Gasteiger partial charge in [0, 0.05) is 5.54 Å². The van der Waals surface area contributed by atoms with Crippen LogP contribution in [0.4, 0.5) is 0 Å². The molecule has 0 bridgehead atoms. The van der Waals surface area contributed by atoms with Gasteiger partial charge < -0.3 is 5.32 Å². The average Bonchev–Trinajstić information content (AvgIpc) is 3.02. The number of thiophene rings is 1. The molecule has 0 aliphatic carbocycles. The van der Waals surface area contributed by atoms with Crippen molar-refractivity contribution < 1.29 is 4.79 Å². The van der Waals surface area contributed by atoms with Crippen LogP contribution >= 0.6 is 11.3 Å².